The molecule has 2 atom stereocenters. The molecule has 2 aliphatic rings. The first-order valence-corrected chi connectivity index (χ1v) is 8.63. The second-order valence-corrected chi connectivity index (χ2v) is 7.75. The van der Waals surface area contributed by atoms with Crippen LogP contribution in [0.3, 0.4) is 0 Å². The molecule has 2 unspecified atom stereocenters. The number of hydrogen-bond donors (Lipinski definition) is 2. The van der Waals surface area contributed by atoms with E-state index in [-0.39, 0.29) is 23.0 Å². The van der Waals surface area contributed by atoms with E-state index in [9.17, 15) is 4.79 Å². The van der Waals surface area contributed by atoms with Crippen LogP contribution in [-0.2, 0) is 14.3 Å². The Morgan fingerprint density at radius 1 is 1.35 bits per heavy atom. The van der Waals surface area contributed by atoms with Crippen molar-refractivity contribution in [3.63, 3.8) is 0 Å². The first kappa shape index (κ1) is 18.6. The third kappa shape index (κ3) is 3.14. The fraction of sp³-hybridized carbons (Fsp3) is 0.941. The fourth-order valence-electron chi connectivity index (χ4n) is 3.76. The highest BCUT2D eigenvalue weighted by molar-refractivity contribution is 5.88. The van der Waals surface area contributed by atoms with Crippen molar-refractivity contribution in [3.8, 4) is 0 Å². The number of carbonyl (C=O) groups is 1. The van der Waals surface area contributed by atoms with Crippen LogP contribution in [0.4, 0.5) is 0 Å². The maximum Gasteiger partial charge on any atom is 0.240 e. The molecule has 3 N–H and O–H groups in total. The largest absolute Gasteiger partial charge is 0.381 e. The molecule has 1 heterocycles. The Hall–Kier alpha value is -0.690. The van der Waals surface area contributed by atoms with Crippen molar-refractivity contribution < 1.29 is 14.3 Å². The van der Waals surface area contributed by atoms with Gasteiger partial charge in [-0.05, 0) is 33.9 Å². The minimum atomic E-state index is -0.856. The number of nitrogens with zero attached hydrogens (tertiary/aromatic N) is 1. The van der Waals surface area contributed by atoms with Gasteiger partial charge in [0.05, 0.1) is 6.10 Å². The summed E-state index contributed by atoms with van der Waals surface area (Å²) < 4.78 is 11.2. The second-order valence-electron chi connectivity index (χ2n) is 7.75. The number of ether oxygens (including phenoxy) is 2. The summed E-state index contributed by atoms with van der Waals surface area (Å²) in [5.74, 6) is -0.0637. The van der Waals surface area contributed by atoms with Gasteiger partial charge in [-0.2, -0.15) is 0 Å². The van der Waals surface area contributed by atoms with Crippen LogP contribution in [-0.4, -0.2) is 68.4 Å². The highest BCUT2D eigenvalue weighted by Crippen LogP contribution is 2.49. The van der Waals surface area contributed by atoms with Gasteiger partial charge in [0.2, 0.25) is 5.91 Å². The molecule has 6 nitrogen and oxygen atoms in total. The SMILES string of the molecule is CCOC1CC(N)(C(=O)NCC2(N(C)C)CCOCC2)C1(C)C. The summed E-state index contributed by atoms with van der Waals surface area (Å²) in [6, 6.07) is 0. The van der Waals surface area contributed by atoms with Gasteiger partial charge < -0.3 is 25.4 Å². The number of hydrogen-bond acceptors (Lipinski definition) is 5. The molecule has 0 aromatic rings. The van der Waals surface area contributed by atoms with Crippen molar-refractivity contribution in [1.82, 2.24) is 10.2 Å². The third-order valence-corrected chi connectivity index (χ3v) is 6.19. The molecule has 0 bridgehead atoms. The van der Waals surface area contributed by atoms with E-state index in [0.717, 1.165) is 26.1 Å². The molecule has 0 spiro atoms. The molecule has 1 aliphatic heterocycles. The molecule has 134 valence electrons. The van der Waals surface area contributed by atoms with Crippen LogP contribution in [0.5, 0.6) is 0 Å². The average Bonchev–Trinajstić information content (AvgIpc) is 2.52. The van der Waals surface area contributed by atoms with E-state index in [2.05, 4.69) is 24.3 Å². The summed E-state index contributed by atoms with van der Waals surface area (Å²) in [5, 5.41) is 3.12. The van der Waals surface area contributed by atoms with Crippen molar-refractivity contribution in [2.45, 2.75) is 57.2 Å². The molecule has 1 saturated heterocycles. The zero-order valence-corrected chi connectivity index (χ0v) is 15.3. The van der Waals surface area contributed by atoms with Crippen molar-refractivity contribution in [3.05, 3.63) is 0 Å². The van der Waals surface area contributed by atoms with Gasteiger partial charge in [-0.3, -0.25) is 4.79 Å². The average molecular weight is 327 g/mol. The first-order valence-electron chi connectivity index (χ1n) is 8.63. The van der Waals surface area contributed by atoms with Crippen LogP contribution in [0.15, 0.2) is 0 Å². The zero-order valence-electron chi connectivity index (χ0n) is 15.3. The fourth-order valence-corrected chi connectivity index (χ4v) is 3.76. The Bertz CT molecular complexity index is 433. The second kappa shape index (κ2) is 6.67. The summed E-state index contributed by atoms with van der Waals surface area (Å²) >= 11 is 0. The van der Waals surface area contributed by atoms with Crippen LogP contribution < -0.4 is 11.1 Å². The summed E-state index contributed by atoms with van der Waals surface area (Å²) in [5.41, 5.74) is 5.20. The molecule has 6 heteroatoms. The van der Waals surface area contributed by atoms with Crippen LogP contribution >= 0.6 is 0 Å². The van der Waals surface area contributed by atoms with Crippen LogP contribution in [0.25, 0.3) is 0 Å². The van der Waals surface area contributed by atoms with Crippen LogP contribution in [0.1, 0.15) is 40.0 Å². The zero-order chi connectivity index (χ0) is 17.3. The Morgan fingerprint density at radius 2 is 1.96 bits per heavy atom. The van der Waals surface area contributed by atoms with Crippen molar-refractivity contribution in [2.75, 3.05) is 40.5 Å². The number of nitrogens with one attached hydrogen (secondary N) is 1. The lowest BCUT2D eigenvalue weighted by molar-refractivity contribution is -0.171. The van der Waals surface area contributed by atoms with Gasteiger partial charge in [0.1, 0.15) is 5.54 Å². The summed E-state index contributed by atoms with van der Waals surface area (Å²) in [4.78, 5) is 15.0. The molecule has 1 aliphatic carbocycles. The first-order chi connectivity index (χ1) is 10.7. The van der Waals surface area contributed by atoms with Crippen molar-refractivity contribution >= 4 is 5.91 Å². The molecule has 0 aromatic heterocycles. The Balaban J connectivity index is 1.99. The highest BCUT2D eigenvalue weighted by Gasteiger charge is 2.63. The summed E-state index contributed by atoms with van der Waals surface area (Å²) in [6.07, 6.45) is 2.47. The summed E-state index contributed by atoms with van der Waals surface area (Å²) in [6.45, 7) is 8.74. The van der Waals surface area contributed by atoms with E-state index >= 15 is 0 Å². The van der Waals surface area contributed by atoms with Gasteiger partial charge in [0.25, 0.3) is 0 Å². The van der Waals surface area contributed by atoms with E-state index in [1.54, 1.807) is 0 Å². The molecule has 1 amide bonds. The molecule has 2 rings (SSSR count). The topological polar surface area (TPSA) is 76.8 Å². The van der Waals surface area contributed by atoms with Crippen molar-refractivity contribution in [2.24, 2.45) is 11.1 Å². The monoisotopic (exact) mass is 327 g/mol. The Labute approximate surface area is 140 Å². The van der Waals surface area contributed by atoms with E-state index in [1.807, 2.05) is 20.8 Å². The summed E-state index contributed by atoms with van der Waals surface area (Å²) in [7, 11) is 4.13. The molecule has 2 fully saturated rings. The predicted octanol–water partition coefficient (Wildman–Crippen LogP) is 0.746. The standard InChI is InChI=1S/C17H33N3O3/c1-6-23-13-11-17(18,15(13,2)3)14(21)19-12-16(20(4)5)7-9-22-10-8-16/h13H,6-12,18H2,1-5H3,(H,19,21). The number of carbonyl (C=O) groups excluding carboxylic acids is 1. The van der Waals surface area contributed by atoms with Crippen molar-refractivity contribution in [1.29, 1.82) is 0 Å². The molecule has 0 radical (unpaired) electrons. The van der Waals surface area contributed by atoms with Crippen LogP contribution in [0, 0.1) is 5.41 Å². The highest BCUT2D eigenvalue weighted by atomic mass is 16.5. The maximum absolute atomic E-state index is 12.8. The van der Waals surface area contributed by atoms with E-state index in [4.69, 9.17) is 15.2 Å². The van der Waals surface area contributed by atoms with E-state index in [1.165, 1.54) is 0 Å². The van der Waals surface area contributed by atoms with Gasteiger partial charge in [-0.1, -0.05) is 13.8 Å². The minimum Gasteiger partial charge on any atom is -0.381 e. The lowest BCUT2D eigenvalue weighted by atomic mass is 9.54. The smallest absolute Gasteiger partial charge is 0.240 e. The van der Waals surface area contributed by atoms with Gasteiger partial charge in [0.15, 0.2) is 0 Å². The molecule has 23 heavy (non-hydrogen) atoms. The van der Waals surface area contributed by atoms with Gasteiger partial charge in [-0.25, -0.2) is 0 Å². The Morgan fingerprint density at radius 3 is 2.43 bits per heavy atom. The van der Waals surface area contributed by atoms with Gasteiger partial charge >= 0.3 is 0 Å². The normalized spacial score (nSPS) is 32.4. The van der Waals surface area contributed by atoms with Gasteiger partial charge in [0, 0.05) is 43.7 Å². The third-order valence-electron chi connectivity index (χ3n) is 6.19. The Kier molecular flexibility index (Phi) is 5.41. The number of likely N-dealkylation sites (N-methyl/N-ethyl adjacent to an activating group) is 1. The van der Waals surface area contributed by atoms with Crippen LogP contribution in [0.2, 0.25) is 0 Å². The number of nitrogens with two attached hydrogens (primary N) is 1. The molecular weight excluding hydrogens is 294 g/mol. The quantitative estimate of drug-likeness (QED) is 0.753. The molecule has 1 saturated carbocycles. The predicted molar refractivity (Wildman–Crippen MR) is 90.2 cm³/mol. The van der Waals surface area contributed by atoms with E-state index in [0.29, 0.717) is 19.6 Å². The number of amides is 1. The lowest BCUT2D eigenvalue weighted by Crippen LogP contribution is -2.76. The molecular formula is C17H33N3O3. The van der Waals surface area contributed by atoms with Gasteiger partial charge in [-0.15, -0.1) is 0 Å². The van der Waals surface area contributed by atoms with E-state index < -0.39 is 5.54 Å². The molecule has 0 aromatic carbocycles. The lowest BCUT2D eigenvalue weighted by Gasteiger charge is -2.57. The minimum absolute atomic E-state index is 0.0442. The maximum atomic E-state index is 12.8. The number of rotatable bonds is 6.